The van der Waals surface area contributed by atoms with Crippen LogP contribution in [0.1, 0.15) is 29.4 Å². The molecule has 0 radical (unpaired) electrons. The Morgan fingerprint density at radius 2 is 2.22 bits per heavy atom. The number of urea groups is 1. The molecule has 2 amide bonds. The molecule has 1 aliphatic rings. The van der Waals surface area contributed by atoms with Crippen LogP contribution in [0.2, 0.25) is 0 Å². The molecule has 8 heteroatoms. The van der Waals surface area contributed by atoms with E-state index in [1.54, 1.807) is 23.3 Å². The zero-order chi connectivity index (χ0) is 16.8. The second-order valence-electron chi connectivity index (χ2n) is 5.12. The first-order valence-electron chi connectivity index (χ1n) is 7.45. The molecule has 1 aliphatic heterocycles. The molecule has 126 valence electrons. The molecule has 2 rings (SSSR count). The van der Waals surface area contributed by atoms with Crippen LogP contribution in [-0.2, 0) is 14.3 Å². The van der Waals surface area contributed by atoms with Crippen LogP contribution in [0.25, 0.3) is 0 Å². The number of anilines is 1. The maximum Gasteiger partial charge on any atom is 0.350 e. The molecule has 1 N–H and O–H groups in total. The molecule has 1 atom stereocenters. The SMILES string of the molecule is CCOC(=O)[C@@H]1CCCN(C(=O)Nc2ccsc2C(=O)OC)C1. The molecule has 1 saturated heterocycles. The van der Waals surface area contributed by atoms with Crippen LogP contribution >= 0.6 is 11.3 Å². The lowest BCUT2D eigenvalue weighted by Gasteiger charge is -2.31. The Morgan fingerprint density at radius 1 is 1.43 bits per heavy atom. The maximum atomic E-state index is 12.4. The van der Waals surface area contributed by atoms with Crippen LogP contribution in [0.5, 0.6) is 0 Å². The zero-order valence-corrected chi connectivity index (χ0v) is 14.0. The van der Waals surface area contributed by atoms with Gasteiger partial charge in [0.15, 0.2) is 0 Å². The van der Waals surface area contributed by atoms with Crippen molar-refractivity contribution in [2.24, 2.45) is 5.92 Å². The molecule has 0 aromatic carbocycles. The van der Waals surface area contributed by atoms with Gasteiger partial charge in [-0.1, -0.05) is 0 Å². The number of carbonyl (C=O) groups excluding carboxylic acids is 3. The van der Waals surface area contributed by atoms with Gasteiger partial charge in [-0.05, 0) is 31.2 Å². The summed E-state index contributed by atoms with van der Waals surface area (Å²) in [7, 11) is 1.29. The van der Waals surface area contributed by atoms with E-state index in [0.717, 1.165) is 6.42 Å². The molecule has 2 heterocycles. The first-order valence-corrected chi connectivity index (χ1v) is 8.33. The number of likely N-dealkylation sites (tertiary alicyclic amines) is 1. The fourth-order valence-electron chi connectivity index (χ4n) is 2.47. The average molecular weight is 340 g/mol. The van der Waals surface area contributed by atoms with Crippen LogP contribution in [0, 0.1) is 5.92 Å². The normalized spacial score (nSPS) is 17.5. The van der Waals surface area contributed by atoms with Gasteiger partial charge in [-0.15, -0.1) is 11.3 Å². The minimum Gasteiger partial charge on any atom is -0.466 e. The minimum absolute atomic E-state index is 0.268. The molecular weight excluding hydrogens is 320 g/mol. The van der Waals surface area contributed by atoms with E-state index in [4.69, 9.17) is 4.74 Å². The maximum absolute atomic E-state index is 12.4. The van der Waals surface area contributed by atoms with Gasteiger partial charge in [-0.3, -0.25) is 4.79 Å². The van der Waals surface area contributed by atoms with Crippen molar-refractivity contribution >= 4 is 35.0 Å². The highest BCUT2D eigenvalue weighted by atomic mass is 32.1. The smallest absolute Gasteiger partial charge is 0.350 e. The molecule has 7 nitrogen and oxygen atoms in total. The number of thiophene rings is 1. The molecule has 0 aliphatic carbocycles. The molecule has 0 saturated carbocycles. The van der Waals surface area contributed by atoms with Gasteiger partial charge in [0, 0.05) is 13.1 Å². The number of carbonyl (C=O) groups is 3. The Morgan fingerprint density at radius 3 is 2.91 bits per heavy atom. The largest absolute Gasteiger partial charge is 0.466 e. The Bertz CT molecular complexity index is 586. The number of rotatable bonds is 4. The van der Waals surface area contributed by atoms with Crippen LogP contribution < -0.4 is 5.32 Å². The van der Waals surface area contributed by atoms with Crippen molar-refractivity contribution in [3.05, 3.63) is 16.3 Å². The van der Waals surface area contributed by atoms with E-state index < -0.39 is 5.97 Å². The van der Waals surface area contributed by atoms with E-state index in [9.17, 15) is 14.4 Å². The van der Waals surface area contributed by atoms with Crippen molar-refractivity contribution in [3.63, 3.8) is 0 Å². The van der Waals surface area contributed by atoms with E-state index in [1.165, 1.54) is 18.4 Å². The lowest BCUT2D eigenvalue weighted by Crippen LogP contribution is -2.44. The summed E-state index contributed by atoms with van der Waals surface area (Å²) in [5, 5.41) is 4.42. The number of nitrogens with zero attached hydrogens (tertiary/aromatic N) is 1. The van der Waals surface area contributed by atoms with Crippen molar-refractivity contribution in [2.45, 2.75) is 19.8 Å². The molecule has 23 heavy (non-hydrogen) atoms. The van der Waals surface area contributed by atoms with Gasteiger partial charge >= 0.3 is 18.0 Å². The third kappa shape index (κ3) is 4.22. The summed E-state index contributed by atoms with van der Waals surface area (Å²) in [6.07, 6.45) is 1.46. The quantitative estimate of drug-likeness (QED) is 0.851. The molecule has 1 aromatic heterocycles. The first kappa shape index (κ1) is 17.3. The van der Waals surface area contributed by atoms with Gasteiger partial charge in [-0.25, -0.2) is 9.59 Å². The number of amides is 2. The predicted octanol–water partition coefficient (Wildman–Crippen LogP) is 2.34. The van der Waals surface area contributed by atoms with E-state index in [0.29, 0.717) is 36.7 Å². The Labute approximate surface area is 138 Å². The number of ether oxygens (including phenoxy) is 2. The highest BCUT2D eigenvalue weighted by molar-refractivity contribution is 7.12. The van der Waals surface area contributed by atoms with Gasteiger partial charge in [-0.2, -0.15) is 0 Å². The third-order valence-electron chi connectivity index (χ3n) is 3.61. The molecule has 1 aromatic rings. The highest BCUT2D eigenvalue weighted by Gasteiger charge is 2.30. The van der Waals surface area contributed by atoms with Crippen molar-refractivity contribution in [1.82, 2.24) is 4.90 Å². The van der Waals surface area contributed by atoms with Gasteiger partial charge < -0.3 is 19.7 Å². The van der Waals surface area contributed by atoms with Crippen molar-refractivity contribution < 1.29 is 23.9 Å². The Hall–Kier alpha value is -2.09. The number of hydrogen-bond donors (Lipinski definition) is 1. The zero-order valence-electron chi connectivity index (χ0n) is 13.2. The van der Waals surface area contributed by atoms with Crippen LogP contribution in [-0.4, -0.2) is 49.7 Å². The lowest BCUT2D eigenvalue weighted by atomic mass is 9.98. The van der Waals surface area contributed by atoms with E-state index in [1.807, 2.05) is 0 Å². The van der Waals surface area contributed by atoms with Crippen LogP contribution in [0.15, 0.2) is 11.4 Å². The lowest BCUT2D eigenvalue weighted by molar-refractivity contribution is -0.149. The topological polar surface area (TPSA) is 84.9 Å². The van der Waals surface area contributed by atoms with Crippen molar-refractivity contribution in [1.29, 1.82) is 0 Å². The average Bonchev–Trinajstić information content (AvgIpc) is 3.02. The summed E-state index contributed by atoms with van der Waals surface area (Å²) in [5.41, 5.74) is 0.421. The van der Waals surface area contributed by atoms with Crippen LogP contribution in [0.4, 0.5) is 10.5 Å². The summed E-state index contributed by atoms with van der Waals surface area (Å²) >= 11 is 1.20. The molecule has 0 spiro atoms. The summed E-state index contributed by atoms with van der Waals surface area (Å²) in [6.45, 7) is 2.98. The van der Waals surface area contributed by atoms with E-state index >= 15 is 0 Å². The predicted molar refractivity (Wildman–Crippen MR) is 85.6 cm³/mol. The fraction of sp³-hybridized carbons (Fsp3) is 0.533. The molecule has 1 fully saturated rings. The number of piperidine rings is 1. The molecule has 0 unspecified atom stereocenters. The second-order valence-corrected chi connectivity index (χ2v) is 6.04. The number of methoxy groups -OCH3 is 1. The van der Waals surface area contributed by atoms with Crippen LogP contribution in [0.3, 0.4) is 0 Å². The number of nitrogens with one attached hydrogen (secondary N) is 1. The van der Waals surface area contributed by atoms with E-state index in [-0.39, 0.29) is 17.9 Å². The second kappa shape index (κ2) is 7.96. The third-order valence-corrected chi connectivity index (χ3v) is 4.50. The van der Waals surface area contributed by atoms with Gasteiger partial charge in [0.05, 0.1) is 25.3 Å². The summed E-state index contributed by atoms with van der Waals surface area (Å²) in [4.78, 5) is 37.7. The minimum atomic E-state index is -0.488. The van der Waals surface area contributed by atoms with Gasteiger partial charge in [0.25, 0.3) is 0 Å². The fourth-order valence-corrected chi connectivity index (χ4v) is 3.23. The van der Waals surface area contributed by atoms with Gasteiger partial charge in [0.1, 0.15) is 4.88 Å². The highest BCUT2D eigenvalue weighted by Crippen LogP contribution is 2.24. The number of esters is 2. The first-order chi connectivity index (χ1) is 11.1. The standard InChI is InChI=1S/C15H20N2O5S/c1-3-22-13(18)10-5-4-7-17(9-10)15(20)16-11-6-8-23-12(11)14(19)21-2/h6,8,10H,3-5,7,9H2,1-2H3,(H,16,20)/t10-/m1/s1. The number of hydrogen-bond acceptors (Lipinski definition) is 6. The van der Waals surface area contributed by atoms with E-state index in [2.05, 4.69) is 10.1 Å². The summed E-state index contributed by atoms with van der Waals surface area (Å²) in [5.74, 6) is -1.05. The summed E-state index contributed by atoms with van der Waals surface area (Å²) < 4.78 is 9.71. The van der Waals surface area contributed by atoms with Crippen molar-refractivity contribution in [2.75, 3.05) is 32.1 Å². The molecule has 0 bridgehead atoms. The Balaban J connectivity index is 1.99. The summed E-state index contributed by atoms with van der Waals surface area (Å²) in [6, 6.07) is 1.32. The molecular formula is C15H20N2O5S. The van der Waals surface area contributed by atoms with Gasteiger partial charge in [0.2, 0.25) is 0 Å². The monoisotopic (exact) mass is 340 g/mol. The van der Waals surface area contributed by atoms with Crippen molar-refractivity contribution in [3.8, 4) is 0 Å². The Kier molecular flexibility index (Phi) is 5.97.